The predicted octanol–water partition coefficient (Wildman–Crippen LogP) is 2.91. The number of methoxy groups -OCH3 is 1. The quantitative estimate of drug-likeness (QED) is 0.747. The second kappa shape index (κ2) is 5.03. The van der Waals surface area contributed by atoms with Crippen molar-refractivity contribution in [2.24, 2.45) is 0 Å². The molecule has 15 heavy (non-hydrogen) atoms. The molecule has 0 aliphatic carbocycles. The van der Waals surface area contributed by atoms with Gasteiger partial charge in [-0.1, -0.05) is 11.6 Å². The van der Waals surface area contributed by atoms with Crippen molar-refractivity contribution in [1.82, 2.24) is 0 Å². The van der Waals surface area contributed by atoms with Crippen LogP contribution in [-0.2, 0) is 4.74 Å². The van der Waals surface area contributed by atoms with E-state index in [2.05, 4.69) is 0 Å². The average molecular weight is 229 g/mol. The molecule has 0 saturated carbocycles. The molecule has 0 radical (unpaired) electrons. The van der Waals surface area contributed by atoms with Gasteiger partial charge in [0.25, 0.3) is 0 Å². The first-order valence-electron chi connectivity index (χ1n) is 4.59. The summed E-state index contributed by atoms with van der Waals surface area (Å²) < 4.78 is 10.0. The van der Waals surface area contributed by atoms with E-state index in [-0.39, 0.29) is 6.10 Å². The Kier molecular flexibility index (Phi) is 3.97. The standard InChI is InChI=1S/C11H13ClO3/c1-7(2)15-11(13)9-5-4-8(14-3)6-10(9)12/h4-7H,1-3H3. The Balaban J connectivity index is 2.90. The molecule has 4 heteroatoms. The van der Waals surface area contributed by atoms with Crippen LogP contribution in [0.25, 0.3) is 0 Å². The van der Waals surface area contributed by atoms with Gasteiger partial charge in [-0.15, -0.1) is 0 Å². The highest BCUT2D eigenvalue weighted by atomic mass is 35.5. The number of halogens is 1. The fourth-order valence-electron chi connectivity index (χ4n) is 1.07. The number of carbonyl (C=O) groups excluding carboxylic acids is 1. The van der Waals surface area contributed by atoms with Crippen molar-refractivity contribution >= 4 is 17.6 Å². The summed E-state index contributed by atoms with van der Waals surface area (Å²) in [5.41, 5.74) is 0.353. The van der Waals surface area contributed by atoms with Crippen LogP contribution in [0.5, 0.6) is 5.75 Å². The van der Waals surface area contributed by atoms with Gasteiger partial charge in [-0.25, -0.2) is 4.79 Å². The zero-order valence-electron chi connectivity index (χ0n) is 8.91. The highest BCUT2D eigenvalue weighted by Crippen LogP contribution is 2.23. The molecule has 0 saturated heterocycles. The SMILES string of the molecule is COc1ccc(C(=O)OC(C)C)c(Cl)c1. The van der Waals surface area contributed by atoms with Crippen LogP contribution in [0.3, 0.4) is 0 Å². The van der Waals surface area contributed by atoms with E-state index < -0.39 is 5.97 Å². The zero-order chi connectivity index (χ0) is 11.4. The van der Waals surface area contributed by atoms with Crippen molar-refractivity contribution in [1.29, 1.82) is 0 Å². The van der Waals surface area contributed by atoms with Gasteiger partial charge in [0.2, 0.25) is 0 Å². The molecule has 0 unspecified atom stereocenters. The lowest BCUT2D eigenvalue weighted by molar-refractivity contribution is 0.0378. The van der Waals surface area contributed by atoms with Gasteiger partial charge in [-0.05, 0) is 32.0 Å². The van der Waals surface area contributed by atoms with Gasteiger partial charge >= 0.3 is 5.97 Å². The normalized spacial score (nSPS) is 10.2. The van der Waals surface area contributed by atoms with E-state index in [9.17, 15) is 4.79 Å². The number of ether oxygens (including phenoxy) is 2. The summed E-state index contributed by atoms with van der Waals surface area (Å²) in [7, 11) is 1.54. The second-order valence-electron chi connectivity index (χ2n) is 3.30. The molecule has 0 aliphatic heterocycles. The van der Waals surface area contributed by atoms with E-state index in [1.807, 2.05) is 0 Å². The highest BCUT2D eigenvalue weighted by Gasteiger charge is 2.13. The van der Waals surface area contributed by atoms with Gasteiger partial charge in [0, 0.05) is 0 Å². The van der Waals surface area contributed by atoms with Crippen molar-refractivity contribution in [3.05, 3.63) is 28.8 Å². The lowest BCUT2D eigenvalue weighted by Gasteiger charge is -2.09. The fourth-order valence-corrected chi connectivity index (χ4v) is 1.31. The average Bonchev–Trinajstić information content (AvgIpc) is 2.16. The Labute approximate surface area is 93.9 Å². The Morgan fingerprint density at radius 1 is 1.40 bits per heavy atom. The number of hydrogen-bond acceptors (Lipinski definition) is 3. The molecule has 0 aromatic heterocycles. The third-order valence-electron chi connectivity index (χ3n) is 1.74. The molecule has 1 aromatic carbocycles. The van der Waals surface area contributed by atoms with Crippen LogP contribution < -0.4 is 4.74 Å². The number of esters is 1. The molecule has 0 bridgehead atoms. The van der Waals surface area contributed by atoms with Gasteiger partial charge < -0.3 is 9.47 Å². The van der Waals surface area contributed by atoms with Gasteiger partial charge in [0.1, 0.15) is 5.75 Å². The molecule has 0 amide bonds. The molecular formula is C11H13ClO3. The summed E-state index contributed by atoms with van der Waals surface area (Å²) in [5, 5.41) is 0.333. The molecule has 1 aromatic rings. The number of benzene rings is 1. The summed E-state index contributed by atoms with van der Waals surface area (Å²) in [6.07, 6.45) is -0.157. The Morgan fingerprint density at radius 3 is 2.53 bits per heavy atom. The van der Waals surface area contributed by atoms with E-state index in [0.29, 0.717) is 16.3 Å². The fraction of sp³-hybridized carbons (Fsp3) is 0.364. The first-order valence-corrected chi connectivity index (χ1v) is 4.97. The topological polar surface area (TPSA) is 35.5 Å². The van der Waals surface area contributed by atoms with Crippen LogP contribution in [-0.4, -0.2) is 19.2 Å². The van der Waals surface area contributed by atoms with Crippen LogP contribution in [0.1, 0.15) is 24.2 Å². The van der Waals surface area contributed by atoms with Crippen molar-refractivity contribution < 1.29 is 14.3 Å². The van der Waals surface area contributed by atoms with Gasteiger partial charge in [0.05, 0.1) is 23.8 Å². The largest absolute Gasteiger partial charge is 0.497 e. The van der Waals surface area contributed by atoms with Crippen LogP contribution >= 0.6 is 11.6 Å². The van der Waals surface area contributed by atoms with Gasteiger partial charge in [-0.2, -0.15) is 0 Å². The molecular weight excluding hydrogens is 216 g/mol. The summed E-state index contributed by atoms with van der Waals surface area (Å²) in [4.78, 5) is 11.5. The van der Waals surface area contributed by atoms with Crippen LogP contribution in [0.15, 0.2) is 18.2 Å². The van der Waals surface area contributed by atoms with Crippen molar-refractivity contribution in [2.75, 3.05) is 7.11 Å². The Morgan fingerprint density at radius 2 is 2.07 bits per heavy atom. The second-order valence-corrected chi connectivity index (χ2v) is 3.71. The minimum absolute atomic E-state index is 0.157. The Bertz CT molecular complexity index is 361. The minimum atomic E-state index is -0.419. The van der Waals surface area contributed by atoms with Crippen molar-refractivity contribution in [2.45, 2.75) is 20.0 Å². The maximum absolute atomic E-state index is 11.5. The van der Waals surface area contributed by atoms with Crippen LogP contribution in [0.2, 0.25) is 5.02 Å². The molecule has 0 heterocycles. The molecule has 0 atom stereocenters. The predicted molar refractivity (Wildman–Crippen MR) is 58.6 cm³/mol. The molecule has 82 valence electrons. The van der Waals surface area contributed by atoms with Crippen molar-refractivity contribution in [3.8, 4) is 5.75 Å². The molecule has 0 fully saturated rings. The zero-order valence-corrected chi connectivity index (χ0v) is 9.67. The van der Waals surface area contributed by atoms with Gasteiger partial charge in [0.15, 0.2) is 0 Å². The number of carbonyl (C=O) groups is 1. The molecule has 3 nitrogen and oxygen atoms in total. The highest BCUT2D eigenvalue weighted by molar-refractivity contribution is 6.33. The van der Waals surface area contributed by atoms with Crippen LogP contribution in [0.4, 0.5) is 0 Å². The summed E-state index contributed by atoms with van der Waals surface area (Å²) in [5.74, 6) is 0.193. The van der Waals surface area contributed by atoms with E-state index in [1.165, 1.54) is 7.11 Å². The number of rotatable bonds is 3. The monoisotopic (exact) mass is 228 g/mol. The van der Waals surface area contributed by atoms with E-state index in [1.54, 1.807) is 32.0 Å². The summed E-state index contributed by atoms with van der Waals surface area (Å²) in [6, 6.07) is 4.84. The molecule has 0 aliphatic rings. The smallest absolute Gasteiger partial charge is 0.339 e. The first-order chi connectivity index (χ1) is 7.04. The Hall–Kier alpha value is -1.22. The summed E-state index contributed by atoms with van der Waals surface area (Å²) in [6.45, 7) is 3.57. The first kappa shape index (κ1) is 11.9. The van der Waals surface area contributed by atoms with Crippen LogP contribution in [0, 0.1) is 0 Å². The molecule has 0 N–H and O–H groups in total. The lowest BCUT2D eigenvalue weighted by Crippen LogP contribution is -2.12. The van der Waals surface area contributed by atoms with E-state index in [4.69, 9.17) is 21.1 Å². The maximum atomic E-state index is 11.5. The third kappa shape index (κ3) is 3.13. The minimum Gasteiger partial charge on any atom is -0.497 e. The molecule has 1 rings (SSSR count). The van der Waals surface area contributed by atoms with E-state index in [0.717, 1.165) is 0 Å². The van der Waals surface area contributed by atoms with E-state index >= 15 is 0 Å². The lowest BCUT2D eigenvalue weighted by atomic mass is 10.2. The number of hydrogen-bond donors (Lipinski definition) is 0. The van der Waals surface area contributed by atoms with Gasteiger partial charge in [-0.3, -0.25) is 0 Å². The molecule has 0 spiro atoms. The van der Waals surface area contributed by atoms with Crippen molar-refractivity contribution in [3.63, 3.8) is 0 Å². The summed E-state index contributed by atoms with van der Waals surface area (Å²) >= 11 is 5.91. The third-order valence-corrected chi connectivity index (χ3v) is 2.05. The maximum Gasteiger partial charge on any atom is 0.339 e.